The summed E-state index contributed by atoms with van der Waals surface area (Å²) in [6.45, 7) is 7.72. The Morgan fingerprint density at radius 1 is 1.24 bits per heavy atom. The molecule has 0 bridgehead atoms. The van der Waals surface area contributed by atoms with Crippen LogP contribution < -0.4 is 5.32 Å². The Kier molecular flexibility index (Phi) is 2.67. The fraction of sp³-hybridized carbons (Fsp3) is 0.467. The van der Waals surface area contributed by atoms with Crippen LogP contribution in [0.25, 0.3) is 10.9 Å². The highest BCUT2D eigenvalue weighted by Gasteiger charge is 2.18. The van der Waals surface area contributed by atoms with Crippen molar-refractivity contribution in [3.05, 3.63) is 35.0 Å². The summed E-state index contributed by atoms with van der Waals surface area (Å²) < 4.78 is 2.50. The Labute approximate surface area is 103 Å². The molecule has 1 aliphatic heterocycles. The predicted octanol–water partition coefficient (Wildman–Crippen LogP) is 2.87. The van der Waals surface area contributed by atoms with Crippen molar-refractivity contribution < 1.29 is 0 Å². The molecule has 2 nitrogen and oxygen atoms in total. The largest absolute Gasteiger partial charge is 0.342 e. The second kappa shape index (κ2) is 4.19. The molecule has 1 aromatic heterocycles. The van der Waals surface area contributed by atoms with Gasteiger partial charge in [0.25, 0.3) is 0 Å². The lowest BCUT2D eigenvalue weighted by Crippen LogP contribution is -2.28. The zero-order chi connectivity index (χ0) is 11.8. The van der Waals surface area contributed by atoms with E-state index < -0.39 is 0 Å². The third-order valence-electron chi connectivity index (χ3n) is 3.92. The summed E-state index contributed by atoms with van der Waals surface area (Å²) in [5, 5.41) is 4.96. The van der Waals surface area contributed by atoms with Crippen molar-refractivity contribution >= 4 is 10.9 Å². The number of hydrogen-bond donors (Lipinski definition) is 1. The molecule has 3 rings (SSSR count). The smallest absolute Gasteiger partial charge is 0.0486 e. The van der Waals surface area contributed by atoms with E-state index in [0.29, 0.717) is 0 Å². The Morgan fingerprint density at radius 3 is 2.88 bits per heavy atom. The Hall–Kier alpha value is -1.28. The first kappa shape index (κ1) is 10.8. The Bertz CT molecular complexity index is 552. The molecule has 0 aliphatic carbocycles. The molecule has 2 aromatic rings. The van der Waals surface area contributed by atoms with Gasteiger partial charge in [-0.3, -0.25) is 0 Å². The van der Waals surface area contributed by atoms with E-state index in [9.17, 15) is 0 Å². The molecule has 0 fully saturated rings. The molecule has 0 saturated carbocycles. The number of nitrogens with zero attached hydrogens (tertiary/aromatic N) is 1. The van der Waals surface area contributed by atoms with Crippen LogP contribution in [0.4, 0.5) is 0 Å². The summed E-state index contributed by atoms with van der Waals surface area (Å²) in [7, 11) is 0. The fourth-order valence-electron chi connectivity index (χ4n) is 2.99. The normalized spacial score (nSPS) is 15.2. The number of aryl methyl sites for hydroxylation is 2. The molecule has 2 heteroatoms. The van der Waals surface area contributed by atoms with Crippen molar-refractivity contribution in [2.45, 2.75) is 39.8 Å². The molecular weight excluding hydrogens is 208 g/mol. The van der Waals surface area contributed by atoms with Gasteiger partial charge in [-0.25, -0.2) is 0 Å². The van der Waals surface area contributed by atoms with Crippen LogP contribution in [0.5, 0.6) is 0 Å². The standard InChI is InChI=1S/C15H20N2/c1-3-11-5-6-14-13(9-11)12(4-2)15-10-16-7-8-17(14)15/h5-6,9,16H,3-4,7-8,10H2,1-2H3. The maximum atomic E-state index is 3.48. The molecule has 1 N–H and O–H groups in total. The first-order valence-corrected chi connectivity index (χ1v) is 6.68. The van der Waals surface area contributed by atoms with E-state index in [1.165, 1.54) is 22.2 Å². The van der Waals surface area contributed by atoms with E-state index in [2.05, 4.69) is 41.9 Å². The van der Waals surface area contributed by atoms with Crippen LogP contribution in [-0.4, -0.2) is 11.1 Å². The Balaban J connectivity index is 2.30. The van der Waals surface area contributed by atoms with E-state index in [4.69, 9.17) is 0 Å². The second-order valence-corrected chi connectivity index (χ2v) is 4.81. The third-order valence-corrected chi connectivity index (χ3v) is 3.92. The number of rotatable bonds is 2. The van der Waals surface area contributed by atoms with Crippen LogP contribution in [0.2, 0.25) is 0 Å². The lowest BCUT2D eigenvalue weighted by atomic mass is 10.0. The average molecular weight is 228 g/mol. The average Bonchev–Trinajstić information content (AvgIpc) is 2.71. The van der Waals surface area contributed by atoms with E-state index in [0.717, 1.165) is 32.5 Å². The molecule has 2 heterocycles. The summed E-state index contributed by atoms with van der Waals surface area (Å²) in [6.07, 6.45) is 2.26. The summed E-state index contributed by atoms with van der Waals surface area (Å²) in [5.41, 5.74) is 5.92. The zero-order valence-electron chi connectivity index (χ0n) is 10.7. The lowest BCUT2D eigenvalue weighted by molar-refractivity contribution is 0.523. The van der Waals surface area contributed by atoms with Gasteiger partial charge in [0.05, 0.1) is 0 Å². The molecule has 1 aromatic carbocycles. The third kappa shape index (κ3) is 1.59. The van der Waals surface area contributed by atoms with E-state index in [1.807, 2.05) is 0 Å². The van der Waals surface area contributed by atoms with Crippen molar-refractivity contribution in [3.63, 3.8) is 0 Å². The molecule has 90 valence electrons. The molecular formula is C15H20N2. The van der Waals surface area contributed by atoms with Crippen molar-refractivity contribution in [1.29, 1.82) is 0 Å². The monoisotopic (exact) mass is 228 g/mol. The van der Waals surface area contributed by atoms with Gasteiger partial charge < -0.3 is 9.88 Å². The van der Waals surface area contributed by atoms with Gasteiger partial charge in [-0.05, 0) is 36.1 Å². The van der Waals surface area contributed by atoms with Crippen LogP contribution in [0.3, 0.4) is 0 Å². The summed E-state index contributed by atoms with van der Waals surface area (Å²) in [6, 6.07) is 6.97. The number of aromatic nitrogens is 1. The molecule has 1 aliphatic rings. The maximum absolute atomic E-state index is 3.48. The van der Waals surface area contributed by atoms with Crippen molar-refractivity contribution in [2.75, 3.05) is 6.54 Å². The molecule has 0 radical (unpaired) electrons. The minimum atomic E-state index is 1.03. The highest BCUT2D eigenvalue weighted by molar-refractivity contribution is 5.86. The summed E-state index contributed by atoms with van der Waals surface area (Å²) in [4.78, 5) is 0. The SMILES string of the molecule is CCc1ccc2c(c1)c(CC)c1n2CCNC1. The van der Waals surface area contributed by atoms with Gasteiger partial charge in [-0.15, -0.1) is 0 Å². The highest BCUT2D eigenvalue weighted by atomic mass is 15.1. The summed E-state index contributed by atoms with van der Waals surface area (Å²) >= 11 is 0. The van der Waals surface area contributed by atoms with E-state index in [1.54, 1.807) is 5.56 Å². The van der Waals surface area contributed by atoms with Crippen LogP contribution in [0.15, 0.2) is 18.2 Å². The molecule has 0 saturated heterocycles. The van der Waals surface area contributed by atoms with Crippen LogP contribution in [-0.2, 0) is 25.9 Å². The zero-order valence-corrected chi connectivity index (χ0v) is 10.7. The molecule has 0 unspecified atom stereocenters. The quantitative estimate of drug-likeness (QED) is 0.836. The molecule has 17 heavy (non-hydrogen) atoms. The highest BCUT2D eigenvalue weighted by Crippen LogP contribution is 2.29. The Morgan fingerprint density at radius 2 is 2.12 bits per heavy atom. The van der Waals surface area contributed by atoms with Crippen LogP contribution in [0.1, 0.15) is 30.7 Å². The van der Waals surface area contributed by atoms with Gasteiger partial charge in [0.2, 0.25) is 0 Å². The van der Waals surface area contributed by atoms with Crippen molar-refractivity contribution in [1.82, 2.24) is 9.88 Å². The minimum Gasteiger partial charge on any atom is -0.342 e. The first-order valence-electron chi connectivity index (χ1n) is 6.68. The van der Waals surface area contributed by atoms with Gasteiger partial charge in [0.1, 0.15) is 0 Å². The van der Waals surface area contributed by atoms with Crippen molar-refractivity contribution in [3.8, 4) is 0 Å². The molecule has 0 amide bonds. The minimum absolute atomic E-state index is 1.03. The summed E-state index contributed by atoms with van der Waals surface area (Å²) in [5.74, 6) is 0. The predicted molar refractivity (Wildman–Crippen MR) is 72.4 cm³/mol. The molecule has 0 spiro atoms. The first-order chi connectivity index (χ1) is 8.35. The van der Waals surface area contributed by atoms with Gasteiger partial charge >= 0.3 is 0 Å². The number of hydrogen-bond acceptors (Lipinski definition) is 1. The van der Waals surface area contributed by atoms with E-state index >= 15 is 0 Å². The van der Waals surface area contributed by atoms with Gasteiger partial charge in [-0.1, -0.05) is 19.9 Å². The van der Waals surface area contributed by atoms with Crippen molar-refractivity contribution in [2.24, 2.45) is 0 Å². The number of benzene rings is 1. The lowest BCUT2D eigenvalue weighted by Gasteiger charge is -2.18. The van der Waals surface area contributed by atoms with Crippen LogP contribution in [0, 0.1) is 0 Å². The molecule has 0 atom stereocenters. The van der Waals surface area contributed by atoms with Crippen LogP contribution >= 0.6 is 0 Å². The van der Waals surface area contributed by atoms with Gasteiger partial charge in [0.15, 0.2) is 0 Å². The fourth-order valence-corrected chi connectivity index (χ4v) is 2.99. The van der Waals surface area contributed by atoms with Gasteiger partial charge in [0, 0.05) is 36.2 Å². The second-order valence-electron chi connectivity index (χ2n) is 4.81. The van der Waals surface area contributed by atoms with Gasteiger partial charge in [-0.2, -0.15) is 0 Å². The number of fused-ring (bicyclic) bond motifs is 3. The maximum Gasteiger partial charge on any atom is 0.0486 e. The van der Waals surface area contributed by atoms with E-state index in [-0.39, 0.29) is 0 Å². The number of nitrogens with one attached hydrogen (secondary N) is 1. The topological polar surface area (TPSA) is 17.0 Å².